The predicted molar refractivity (Wildman–Crippen MR) is 124 cm³/mol. The van der Waals surface area contributed by atoms with Crippen LogP contribution in [0.5, 0.6) is 5.75 Å². The van der Waals surface area contributed by atoms with Crippen LogP contribution in [0, 0.1) is 0 Å². The number of likely N-dealkylation sites (N-methyl/N-ethyl adjacent to an activating group) is 1. The number of hydrogen-bond acceptors (Lipinski definition) is 7. The molecule has 8 heteroatoms. The number of nitrogens with one attached hydrogen (secondary N) is 1. The van der Waals surface area contributed by atoms with Gasteiger partial charge in [-0.25, -0.2) is 9.97 Å². The first-order valence-corrected chi connectivity index (χ1v) is 10.7. The maximum Gasteiger partial charge on any atom is 0.227 e. The molecule has 0 atom stereocenters. The second kappa shape index (κ2) is 8.76. The van der Waals surface area contributed by atoms with Crippen LogP contribution in [0.3, 0.4) is 0 Å². The lowest BCUT2D eigenvalue weighted by molar-refractivity contribution is 0.259. The van der Waals surface area contributed by atoms with E-state index in [-0.39, 0.29) is 0 Å². The van der Waals surface area contributed by atoms with Gasteiger partial charge in [-0.3, -0.25) is 14.6 Å². The lowest BCUT2D eigenvalue weighted by atomic mass is 10.1. The van der Waals surface area contributed by atoms with Crippen molar-refractivity contribution in [1.29, 1.82) is 0 Å². The van der Waals surface area contributed by atoms with Crippen molar-refractivity contribution in [2.24, 2.45) is 0 Å². The largest absolute Gasteiger partial charge is 0.492 e. The summed E-state index contributed by atoms with van der Waals surface area (Å²) in [5.41, 5.74) is 5.62. The quantitative estimate of drug-likeness (QED) is 0.516. The summed E-state index contributed by atoms with van der Waals surface area (Å²) in [7, 11) is 2.10. The molecule has 1 aliphatic heterocycles. The van der Waals surface area contributed by atoms with E-state index in [0.29, 0.717) is 12.6 Å². The van der Waals surface area contributed by atoms with Crippen molar-refractivity contribution in [2.45, 2.75) is 20.0 Å². The molecule has 1 N–H and O–H groups in total. The summed E-state index contributed by atoms with van der Waals surface area (Å²) in [4.78, 5) is 15.7. The molecule has 0 fully saturated rings. The summed E-state index contributed by atoms with van der Waals surface area (Å²) < 4.78 is 7.84. The topological polar surface area (TPSA) is 81.0 Å². The summed E-state index contributed by atoms with van der Waals surface area (Å²) in [6.45, 7) is 5.30. The van der Waals surface area contributed by atoms with E-state index in [9.17, 15) is 0 Å². The van der Waals surface area contributed by atoms with Crippen molar-refractivity contribution in [3.05, 3.63) is 66.7 Å². The van der Waals surface area contributed by atoms with E-state index < -0.39 is 0 Å². The van der Waals surface area contributed by atoms with Crippen LogP contribution in [-0.4, -0.2) is 49.8 Å². The Kier molecular flexibility index (Phi) is 5.51. The molecule has 0 saturated heterocycles. The fourth-order valence-electron chi connectivity index (χ4n) is 3.76. The third-order valence-electron chi connectivity index (χ3n) is 5.45. The van der Waals surface area contributed by atoms with E-state index in [1.165, 1.54) is 5.56 Å². The minimum absolute atomic E-state index is 0.523. The zero-order valence-electron chi connectivity index (χ0n) is 18.2. The van der Waals surface area contributed by atoms with Crippen molar-refractivity contribution in [3.63, 3.8) is 0 Å². The van der Waals surface area contributed by atoms with Crippen LogP contribution in [0.1, 0.15) is 12.5 Å². The molecule has 1 aromatic carbocycles. The van der Waals surface area contributed by atoms with Gasteiger partial charge in [-0.1, -0.05) is 6.07 Å². The maximum atomic E-state index is 5.93. The smallest absolute Gasteiger partial charge is 0.227 e. The Morgan fingerprint density at radius 3 is 2.94 bits per heavy atom. The van der Waals surface area contributed by atoms with Crippen LogP contribution >= 0.6 is 0 Å². The second-order valence-electron chi connectivity index (χ2n) is 7.79. The van der Waals surface area contributed by atoms with Gasteiger partial charge in [0.15, 0.2) is 0 Å². The van der Waals surface area contributed by atoms with Crippen molar-refractivity contribution in [1.82, 2.24) is 29.6 Å². The summed E-state index contributed by atoms with van der Waals surface area (Å²) >= 11 is 0. The first-order chi connectivity index (χ1) is 15.7. The fraction of sp³-hybridized carbons (Fsp3) is 0.250. The highest BCUT2D eigenvalue weighted by Crippen LogP contribution is 2.31. The van der Waals surface area contributed by atoms with Gasteiger partial charge in [-0.05, 0) is 38.2 Å². The number of fused-ring (bicyclic) bond motifs is 1. The van der Waals surface area contributed by atoms with Gasteiger partial charge in [0.2, 0.25) is 5.95 Å². The number of aromatic nitrogens is 5. The Morgan fingerprint density at radius 1 is 1.16 bits per heavy atom. The Labute approximate surface area is 186 Å². The van der Waals surface area contributed by atoms with E-state index >= 15 is 0 Å². The standard InChI is InChI=1S/C24H25N7O/c1-3-31-16-20(23(29-31)17-5-4-9-25-14-17)21-8-10-26-24(28-21)27-19-7-6-18-15-30(2)11-12-32-22(18)13-19/h4-10,13-14,16H,3,11-12,15H2,1-2H3,(H,26,27,28). The highest BCUT2D eigenvalue weighted by atomic mass is 16.5. The summed E-state index contributed by atoms with van der Waals surface area (Å²) in [6.07, 6.45) is 7.35. The molecule has 0 aliphatic carbocycles. The normalized spacial score (nSPS) is 13.8. The molecule has 3 aromatic heterocycles. The summed E-state index contributed by atoms with van der Waals surface area (Å²) in [5.74, 6) is 1.42. The van der Waals surface area contributed by atoms with Gasteiger partial charge in [0.1, 0.15) is 18.1 Å². The second-order valence-corrected chi connectivity index (χ2v) is 7.79. The van der Waals surface area contributed by atoms with Crippen LogP contribution in [0.25, 0.3) is 22.5 Å². The lowest BCUT2D eigenvalue weighted by Crippen LogP contribution is -2.20. The zero-order valence-corrected chi connectivity index (χ0v) is 18.2. The number of hydrogen-bond donors (Lipinski definition) is 1. The van der Waals surface area contributed by atoms with Crippen LogP contribution < -0.4 is 10.1 Å². The SMILES string of the molecule is CCn1cc(-c2ccnc(Nc3ccc4c(c3)OCCN(C)C4)n2)c(-c2cccnc2)n1. The molecule has 0 bridgehead atoms. The molecular formula is C24H25N7O. The van der Waals surface area contributed by atoms with E-state index in [1.54, 1.807) is 12.4 Å². The molecule has 1 aliphatic rings. The molecule has 162 valence electrons. The molecule has 0 saturated carbocycles. The molecule has 8 nitrogen and oxygen atoms in total. The Morgan fingerprint density at radius 2 is 2.09 bits per heavy atom. The number of aryl methyl sites for hydroxylation is 1. The van der Waals surface area contributed by atoms with Crippen molar-refractivity contribution in [3.8, 4) is 28.3 Å². The molecule has 32 heavy (non-hydrogen) atoms. The van der Waals surface area contributed by atoms with E-state index in [0.717, 1.165) is 53.6 Å². The van der Waals surface area contributed by atoms with E-state index in [2.05, 4.69) is 40.2 Å². The number of anilines is 2. The number of benzene rings is 1. The van der Waals surface area contributed by atoms with Crippen molar-refractivity contribution >= 4 is 11.6 Å². The molecule has 5 rings (SSSR count). The third kappa shape index (κ3) is 4.17. The highest BCUT2D eigenvalue weighted by molar-refractivity contribution is 5.78. The predicted octanol–water partition coefficient (Wildman–Crippen LogP) is 3.99. The average molecular weight is 428 g/mol. The minimum Gasteiger partial charge on any atom is -0.492 e. The van der Waals surface area contributed by atoms with Crippen LogP contribution in [-0.2, 0) is 13.1 Å². The molecule has 0 amide bonds. The average Bonchev–Trinajstić information content (AvgIpc) is 3.17. The Balaban J connectivity index is 1.45. The van der Waals surface area contributed by atoms with E-state index in [4.69, 9.17) is 14.8 Å². The molecule has 4 heterocycles. The third-order valence-corrected chi connectivity index (χ3v) is 5.45. The number of rotatable bonds is 5. The van der Waals surface area contributed by atoms with Gasteiger partial charge in [0.25, 0.3) is 0 Å². The van der Waals surface area contributed by atoms with Gasteiger partial charge in [-0.15, -0.1) is 0 Å². The maximum absolute atomic E-state index is 5.93. The lowest BCUT2D eigenvalue weighted by Gasteiger charge is -2.12. The van der Waals surface area contributed by atoms with Gasteiger partial charge in [0, 0.05) is 72.9 Å². The molecule has 0 spiro atoms. The van der Waals surface area contributed by atoms with Crippen LogP contribution in [0.4, 0.5) is 11.6 Å². The molecule has 0 unspecified atom stereocenters. The van der Waals surface area contributed by atoms with Crippen LogP contribution in [0.15, 0.2) is 61.2 Å². The monoisotopic (exact) mass is 427 g/mol. The fourth-order valence-corrected chi connectivity index (χ4v) is 3.76. The minimum atomic E-state index is 0.523. The molecular weight excluding hydrogens is 402 g/mol. The Bertz CT molecular complexity index is 1220. The first-order valence-electron chi connectivity index (χ1n) is 10.7. The van der Waals surface area contributed by atoms with Gasteiger partial charge < -0.3 is 10.1 Å². The molecule has 0 radical (unpaired) electrons. The highest BCUT2D eigenvalue weighted by Gasteiger charge is 2.16. The zero-order chi connectivity index (χ0) is 21.9. The van der Waals surface area contributed by atoms with E-state index in [1.807, 2.05) is 47.4 Å². The number of nitrogens with zero attached hydrogens (tertiary/aromatic N) is 6. The first kappa shape index (κ1) is 20.1. The van der Waals surface area contributed by atoms with Gasteiger partial charge in [0.05, 0.1) is 5.69 Å². The van der Waals surface area contributed by atoms with Crippen molar-refractivity contribution < 1.29 is 4.74 Å². The van der Waals surface area contributed by atoms with Gasteiger partial charge >= 0.3 is 0 Å². The van der Waals surface area contributed by atoms with Crippen LogP contribution in [0.2, 0.25) is 0 Å². The number of ether oxygens (including phenoxy) is 1. The number of pyridine rings is 1. The summed E-state index contributed by atoms with van der Waals surface area (Å²) in [6, 6.07) is 12.0. The Hall–Kier alpha value is -3.78. The summed E-state index contributed by atoms with van der Waals surface area (Å²) in [5, 5.41) is 8.05. The molecule has 4 aromatic rings. The van der Waals surface area contributed by atoms with Gasteiger partial charge in [-0.2, -0.15) is 5.10 Å². The van der Waals surface area contributed by atoms with Crippen molar-refractivity contribution in [2.75, 3.05) is 25.5 Å².